The summed E-state index contributed by atoms with van der Waals surface area (Å²) in [5, 5.41) is 0. The van der Waals surface area contributed by atoms with Crippen LogP contribution in [-0.2, 0) is 16.2 Å². The second-order valence-electron chi connectivity index (χ2n) is 4.69. The molecule has 0 spiro atoms. The van der Waals surface area contributed by atoms with Gasteiger partial charge >= 0.3 is 6.18 Å². The minimum atomic E-state index is -4.71. The number of nitrogens with zero attached hydrogens (tertiary/aromatic N) is 3. The van der Waals surface area contributed by atoms with Crippen LogP contribution in [0.15, 0.2) is 40.3 Å². The van der Waals surface area contributed by atoms with Crippen molar-refractivity contribution in [3.05, 3.63) is 46.5 Å². The second kappa shape index (κ2) is 5.06. The molecule has 0 aliphatic carbocycles. The van der Waals surface area contributed by atoms with Crippen LogP contribution in [0.2, 0.25) is 0 Å². The number of nitrogens with one attached hydrogen (secondary N) is 1. The van der Waals surface area contributed by atoms with Gasteiger partial charge in [0.05, 0.1) is 10.5 Å². The molecule has 0 atom stereocenters. The third-order valence-corrected chi connectivity index (χ3v) is 4.75. The molecule has 0 radical (unpaired) electrons. The second-order valence-corrected chi connectivity index (χ2v) is 6.51. The van der Waals surface area contributed by atoms with Crippen LogP contribution in [0.4, 0.5) is 19.1 Å². The lowest BCUT2D eigenvalue weighted by Gasteiger charge is -2.10. The summed E-state index contributed by atoms with van der Waals surface area (Å²) in [5.41, 5.74) is 2.78. The smallest absolute Gasteiger partial charge is 0.369 e. The van der Waals surface area contributed by atoms with E-state index < -0.39 is 32.2 Å². The Kier molecular flexibility index (Phi) is 3.37. The van der Waals surface area contributed by atoms with E-state index in [4.69, 9.17) is 5.73 Å². The summed E-state index contributed by atoms with van der Waals surface area (Å²) in [4.78, 5) is 20.5. The van der Waals surface area contributed by atoms with E-state index in [0.29, 0.717) is 10.0 Å². The van der Waals surface area contributed by atoms with Crippen molar-refractivity contribution >= 4 is 27.1 Å². The molecule has 24 heavy (non-hydrogen) atoms. The van der Waals surface area contributed by atoms with Crippen molar-refractivity contribution in [2.45, 2.75) is 11.1 Å². The molecule has 126 valence electrons. The van der Waals surface area contributed by atoms with Gasteiger partial charge in [0.2, 0.25) is 5.95 Å². The monoisotopic (exact) mass is 359 g/mol. The van der Waals surface area contributed by atoms with Gasteiger partial charge in [-0.25, -0.2) is 17.4 Å². The van der Waals surface area contributed by atoms with E-state index in [2.05, 4.69) is 15.0 Å². The molecule has 0 amide bonds. The van der Waals surface area contributed by atoms with Crippen LogP contribution in [-0.4, -0.2) is 27.3 Å². The van der Waals surface area contributed by atoms with Crippen LogP contribution in [0.1, 0.15) is 5.56 Å². The van der Waals surface area contributed by atoms with E-state index in [9.17, 15) is 26.4 Å². The Balaban J connectivity index is 2.25. The SMILES string of the molecule is Nc1nc2c(ncn2S(=O)(=O)c2cccc(C(F)(F)F)c2)c(=O)[nH]1. The highest BCUT2D eigenvalue weighted by atomic mass is 32.2. The molecular formula is C12H8F3N5O3S. The van der Waals surface area contributed by atoms with Crippen molar-refractivity contribution in [2.75, 3.05) is 5.73 Å². The quantitative estimate of drug-likeness (QED) is 0.702. The zero-order chi connectivity index (χ0) is 17.7. The number of hydrogen-bond donors (Lipinski definition) is 2. The number of anilines is 1. The van der Waals surface area contributed by atoms with Gasteiger partial charge in [-0.2, -0.15) is 18.2 Å². The van der Waals surface area contributed by atoms with Crippen molar-refractivity contribution in [2.24, 2.45) is 0 Å². The van der Waals surface area contributed by atoms with Gasteiger partial charge in [0.15, 0.2) is 11.2 Å². The summed E-state index contributed by atoms with van der Waals surface area (Å²) in [7, 11) is -4.46. The molecule has 3 N–H and O–H groups in total. The van der Waals surface area contributed by atoms with Crippen LogP contribution >= 0.6 is 0 Å². The minimum absolute atomic E-state index is 0.306. The van der Waals surface area contributed by atoms with Crippen LogP contribution in [0.5, 0.6) is 0 Å². The number of H-pyrrole nitrogens is 1. The van der Waals surface area contributed by atoms with Gasteiger partial charge in [-0.3, -0.25) is 9.78 Å². The van der Waals surface area contributed by atoms with Crippen LogP contribution in [0.25, 0.3) is 11.2 Å². The number of hydrogen-bond acceptors (Lipinski definition) is 6. The Morgan fingerprint density at radius 1 is 1.25 bits per heavy atom. The first-order chi connectivity index (χ1) is 11.1. The van der Waals surface area contributed by atoms with Crippen LogP contribution in [0, 0.1) is 0 Å². The molecule has 0 unspecified atom stereocenters. The van der Waals surface area contributed by atoms with Crippen LogP contribution < -0.4 is 11.3 Å². The number of rotatable bonds is 2. The Morgan fingerprint density at radius 3 is 2.62 bits per heavy atom. The first-order valence-electron chi connectivity index (χ1n) is 6.26. The van der Waals surface area contributed by atoms with Crippen molar-refractivity contribution in [3.8, 4) is 0 Å². The number of benzene rings is 1. The maximum Gasteiger partial charge on any atom is 0.416 e. The summed E-state index contributed by atoms with van der Waals surface area (Å²) < 4.78 is 64.0. The highest BCUT2D eigenvalue weighted by molar-refractivity contribution is 7.90. The molecule has 0 aliphatic rings. The lowest BCUT2D eigenvalue weighted by molar-refractivity contribution is -0.137. The Morgan fingerprint density at radius 2 is 1.96 bits per heavy atom. The fourth-order valence-electron chi connectivity index (χ4n) is 2.03. The molecule has 0 saturated heterocycles. The average molecular weight is 359 g/mol. The largest absolute Gasteiger partial charge is 0.416 e. The molecule has 0 saturated carbocycles. The van der Waals surface area contributed by atoms with Gasteiger partial charge in [-0.1, -0.05) is 6.07 Å². The van der Waals surface area contributed by atoms with E-state index in [-0.39, 0.29) is 17.1 Å². The van der Waals surface area contributed by atoms with E-state index in [1.165, 1.54) is 0 Å². The predicted octanol–water partition coefficient (Wildman–Crippen LogP) is 0.958. The molecule has 0 fully saturated rings. The van der Waals surface area contributed by atoms with Gasteiger partial charge < -0.3 is 5.73 Å². The number of nitrogen functional groups attached to an aromatic ring is 1. The predicted molar refractivity (Wildman–Crippen MR) is 76.6 cm³/mol. The number of aromatic nitrogens is 4. The Bertz CT molecular complexity index is 1100. The van der Waals surface area contributed by atoms with E-state index in [0.717, 1.165) is 24.5 Å². The standard InChI is InChI=1S/C12H8F3N5O3S/c13-12(14,15)6-2-1-3-7(4-6)24(22,23)20-5-17-8-9(20)18-11(16)19-10(8)21/h1-5H,(H3,16,18,19,21). The van der Waals surface area contributed by atoms with Crippen LogP contribution in [0.3, 0.4) is 0 Å². The van der Waals surface area contributed by atoms with Gasteiger partial charge in [0.25, 0.3) is 15.6 Å². The maximum absolute atomic E-state index is 12.8. The van der Waals surface area contributed by atoms with Crippen molar-refractivity contribution in [1.82, 2.24) is 18.9 Å². The number of fused-ring (bicyclic) bond motifs is 1. The summed E-state index contributed by atoms with van der Waals surface area (Å²) in [5.74, 6) is -0.353. The van der Waals surface area contributed by atoms with E-state index in [1.54, 1.807) is 0 Å². The Labute approximate surface area is 131 Å². The molecule has 8 nitrogen and oxygen atoms in total. The molecule has 0 bridgehead atoms. The summed E-state index contributed by atoms with van der Waals surface area (Å²) in [6, 6.07) is 3.18. The minimum Gasteiger partial charge on any atom is -0.369 e. The Hall–Kier alpha value is -2.89. The normalized spacial score (nSPS) is 12.6. The maximum atomic E-state index is 12.8. The number of alkyl halides is 3. The molecule has 3 rings (SSSR count). The molecule has 2 aromatic heterocycles. The summed E-state index contributed by atoms with van der Waals surface area (Å²) >= 11 is 0. The zero-order valence-corrected chi connectivity index (χ0v) is 12.4. The lowest BCUT2D eigenvalue weighted by Crippen LogP contribution is -2.17. The summed E-state index contributed by atoms with van der Waals surface area (Å²) in [6.07, 6.45) is -3.93. The van der Waals surface area contributed by atoms with Crippen molar-refractivity contribution in [3.63, 3.8) is 0 Å². The first kappa shape index (κ1) is 16.0. The topological polar surface area (TPSA) is 124 Å². The first-order valence-corrected chi connectivity index (χ1v) is 7.70. The van der Waals surface area contributed by atoms with Crippen molar-refractivity contribution in [1.29, 1.82) is 0 Å². The number of aromatic amines is 1. The fraction of sp³-hybridized carbons (Fsp3) is 0.0833. The van der Waals surface area contributed by atoms with E-state index >= 15 is 0 Å². The summed E-state index contributed by atoms with van der Waals surface area (Å²) in [6.45, 7) is 0. The molecule has 3 aromatic rings. The van der Waals surface area contributed by atoms with Crippen molar-refractivity contribution < 1.29 is 21.6 Å². The fourth-order valence-corrected chi connectivity index (χ4v) is 3.31. The van der Waals surface area contributed by atoms with Gasteiger partial charge in [-0.05, 0) is 18.2 Å². The average Bonchev–Trinajstić information content (AvgIpc) is 2.91. The number of imidazole rings is 1. The third kappa shape index (κ3) is 2.50. The number of halogens is 3. The highest BCUT2D eigenvalue weighted by Gasteiger charge is 2.32. The molecule has 1 aromatic carbocycles. The molecular weight excluding hydrogens is 351 g/mol. The van der Waals surface area contributed by atoms with Gasteiger partial charge in [0.1, 0.15) is 6.33 Å². The number of nitrogens with two attached hydrogens (primary N) is 1. The molecule has 12 heteroatoms. The van der Waals surface area contributed by atoms with E-state index in [1.807, 2.05) is 0 Å². The molecule has 0 aliphatic heterocycles. The zero-order valence-electron chi connectivity index (χ0n) is 11.6. The third-order valence-electron chi connectivity index (χ3n) is 3.11. The van der Waals surface area contributed by atoms with Gasteiger partial charge in [-0.15, -0.1) is 0 Å². The highest BCUT2D eigenvalue weighted by Crippen LogP contribution is 2.31. The lowest BCUT2D eigenvalue weighted by atomic mass is 10.2. The van der Waals surface area contributed by atoms with Gasteiger partial charge in [0, 0.05) is 0 Å². The molecule has 2 heterocycles.